The van der Waals surface area contributed by atoms with Gasteiger partial charge in [0.05, 0.1) is 11.3 Å². The molecule has 0 bridgehead atoms. The van der Waals surface area contributed by atoms with E-state index in [1.54, 1.807) is 11.8 Å². The SMILES string of the molecule is CC(Sc1ccc(Br)cc1)C(=O)NC(CN1CCN(C)CC1)c1ccccc1. The molecule has 1 aliphatic rings. The molecule has 150 valence electrons. The molecule has 1 saturated heterocycles. The van der Waals surface area contributed by atoms with E-state index in [2.05, 4.69) is 50.2 Å². The summed E-state index contributed by atoms with van der Waals surface area (Å²) in [5.74, 6) is 0.0795. The quantitative estimate of drug-likeness (QED) is 0.631. The number of nitrogens with one attached hydrogen (secondary N) is 1. The third-order valence-electron chi connectivity index (χ3n) is 5.05. The highest BCUT2D eigenvalue weighted by molar-refractivity contribution is 9.10. The topological polar surface area (TPSA) is 35.6 Å². The van der Waals surface area contributed by atoms with Gasteiger partial charge in [-0.25, -0.2) is 0 Å². The Morgan fingerprint density at radius 3 is 2.36 bits per heavy atom. The van der Waals surface area contributed by atoms with Crippen molar-refractivity contribution in [1.82, 2.24) is 15.1 Å². The van der Waals surface area contributed by atoms with Crippen molar-refractivity contribution in [3.05, 3.63) is 64.6 Å². The minimum absolute atomic E-state index is 0.00470. The second-order valence-electron chi connectivity index (χ2n) is 7.29. The third-order valence-corrected chi connectivity index (χ3v) is 6.69. The summed E-state index contributed by atoms with van der Waals surface area (Å²) in [4.78, 5) is 18.8. The van der Waals surface area contributed by atoms with Gasteiger partial charge < -0.3 is 10.2 Å². The van der Waals surface area contributed by atoms with E-state index in [4.69, 9.17) is 0 Å². The Bertz CT molecular complexity index is 748. The van der Waals surface area contributed by atoms with Crippen LogP contribution in [0.1, 0.15) is 18.5 Å². The van der Waals surface area contributed by atoms with Crippen molar-refractivity contribution in [2.45, 2.75) is 23.1 Å². The molecule has 3 rings (SSSR count). The second-order valence-corrected chi connectivity index (χ2v) is 9.62. The van der Waals surface area contributed by atoms with Gasteiger partial charge in [-0.1, -0.05) is 46.3 Å². The fourth-order valence-corrected chi connectivity index (χ4v) is 4.41. The zero-order valence-corrected chi connectivity index (χ0v) is 18.9. The van der Waals surface area contributed by atoms with Crippen LogP contribution in [0.15, 0.2) is 64.0 Å². The summed E-state index contributed by atoms with van der Waals surface area (Å²) in [7, 11) is 2.16. The molecule has 4 nitrogen and oxygen atoms in total. The molecule has 6 heteroatoms. The first-order valence-electron chi connectivity index (χ1n) is 9.69. The monoisotopic (exact) mass is 461 g/mol. The lowest BCUT2D eigenvalue weighted by Crippen LogP contribution is -2.48. The lowest BCUT2D eigenvalue weighted by Gasteiger charge is -2.35. The Morgan fingerprint density at radius 1 is 1.07 bits per heavy atom. The van der Waals surface area contributed by atoms with Gasteiger partial charge >= 0.3 is 0 Å². The highest BCUT2D eigenvalue weighted by atomic mass is 79.9. The summed E-state index contributed by atoms with van der Waals surface area (Å²) in [6.45, 7) is 7.05. The van der Waals surface area contributed by atoms with Crippen molar-refractivity contribution in [2.24, 2.45) is 0 Å². The van der Waals surface area contributed by atoms with Crippen LogP contribution in [-0.2, 0) is 4.79 Å². The predicted molar refractivity (Wildman–Crippen MR) is 121 cm³/mol. The second kappa shape index (κ2) is 10.4. The molecule has 1 heterocycles. The van der Waals surface area contributed by atoms with Gasteiger partial charge in [0, 0.05) is 42.1 Å². The number of carbonyl (C=O) groups excluding carboxylic acids is 1. The number of rotatable bonds is 7. The van der Waals surface area contributed by atoms with Gasteiger partial charge in [0.25, 0.3) is 0 Å². The lowest BCUT2D eigenvalue weighted by molar-refractivity contribution is -0.121. The number of piperazine rings is 1. The number of amides is 1. The summed E-state index contributed by atoms with van der Waals surface area (Å²) < 4.78 is 1.05. The molecule has 2 aromatic carbocycles. The maximum Gasteiger partial charge on any atom is 0.233 e. The van der Waals surface area contributed by atoms with Gasteiger partial charge in [0.2, 0.25) is 5.91 Å². The smallest absolute Gasteiger partial charge is 0.233 e. The molecule has 1 amide bonds. The Balaban J connectivity index is 1.64. The van der Waals surface area contributed by atoms with E-state index in [0.717, 1.165) is 47.7 Å². The highest BCUT2D eigenvalue weighted by Crippen LogP contribution is 2.26. The van der Waals surface area contributed by atoms with Crippen LogP contribution in [0.25, 0.3) is 0 Å². The number of hydrogen-bond acceptors (Lipinski definition) is 4. The first kappa shape index (κ1) is 21.4. The van der Waals surface area contributed by atoms with Gasteiger partial charge in [0.15, 0.2) is 0 Å². The molecule has 2 aromatic rings. The van der Waals surface area contributed by atoms with E-state index in [0.29, 0.717) is 0 Å². The van der Waals surface area contributed by atoms with Crippen LogP contribution in [0.2, 0.25) is 0 Å². The molecule has 0 spiro atoms. The number of carbonyl (C=O) groups is 1. The van der Waals surface area contributed by atoms with Gasteiger partial charge in [-0.15, -0.1) is 11.8 Å². The van der Waals surface area contributed by atoms with Crippen molar-refractivity contribution in [2.75, 3.05) is 39.8 Å². The number of nitrogens with zero attached hydrogens (tertiary/aromatic N) is 2. The van der Waals surface area contributed by atoms with Crippen LogP contribution in [0.3, 0.4) is 0 Å². The van der Waals surface area contributed by atoms with Crippen molar-refractivity contribution >= 4 is 33.6 Å². The molecule has 2 unspecified atom stereocenters. The Kier molecular flexibility index (Phi) is 7.97. The van der Waals surface area contributed by atoms with E-state index >= 15 is 0 Å². The first-order chi connectivity index (χ1) is 13.5. The number of halogens is 1. The lowest BCUT2D eigenvalue weighted by atomic mass is 10.1. The van der Waals surface area contributed by atoms with Crippen molar-refractivity contribution in [3.8, 4) is 0 Å². The molecule has 1 fully saturated rings. The van der Waals surface area contributed by atoms with Gasteiger partial charge in [0.1, 0.15) is 0 Å². The molecule has 0 aromatic heterocycles. The molecule has 0 aliphatic carbocycles. The summed E-state index contributed by atoms with van der Waals surface area (Å²) in [5.41, 5.74) is 1.16. The fourth-order valence-electron chi connectivity index (χ4n) is 3.27. The summed E-state index contributed by atoms with van der Waals surface area (Å²) >= 11 is 5.04. The molecule has 2 atom stereocenters. The predicted octanol–water partition coefficient (Wildman–Crippen LogP) is 4.03. The molecular weight excluding hydrogens is 434 g/mol. The van der Waals surface area contributed by atoms with Crippen LogP contribution in [-0.4, -0.2) is 60.7 Å². The third kappa shape index (κ3) is 6.34. The fraction of sp³-hybridized carbons (Fsp3) is 0.409. The molecule has 28 heavy (non-hydrogen) atoms. The molecule has 1 N–H and O–H groups in total. The van der Waals surface area contributed by atoms with E-state index in [9.17, 15) is 4.79 Å². The van der Waals surface area contributed by atoms with Crippen molar-refractivity contribution in [1.29, 1.82) is 0 Å². The highest BCUT2D eigenvalue weighted by Gasteiger charge is 2.23. The van der Waals surface area contributed by atoms with Crippen LogP contribution in [0.4, 0.5) is 0 Å². The number of likely N-dealkylation sites (N-methyl/N-ethyl adjacent to an activating group) is 1. The average Bonchev–Trinajstić information content (AvgIpc) is 2.71. The van der Waals surface area contributed by atoms with Gasteiger partial charge in [-0.05, 0) is 43.8 Å². The zero-order chi connectivity index (χ0) is 19.9. The van der Waals surface area contributed by atoms with E-state index in [-0.39, 0.29) is 17.2 Å². The Labute approximate surface area is 180 Å². The minimum atomic E-state index is -0.153. The standard InChI is InChI=1S/C22H28BrN3OS/c1-17(28-20-10-8-19(23)9-11-20)22(27)24-21(18-6-4-3-5-7-18)16-26-14-12-25(2)13-15-26/h3-11,17,21H,12-16H2,1-2H3,(H,24,27). The Morgan fingerprint density at radius 2 is 1.71 bits per heavy atom. The van der Waals surface area contributed by atoms with Crippen LogP contribution in [0.5, 0.6) is 0 Å². The van der Waals surface area contributed by atoms with Crippen LogP contribution < -0.4 is 5.32 Å². The molecule has 1 aliphatic heterocycles. The van der Waals surface area contributed by atoms with Crippen LogP contribution >= 0.6 is 27.7 Å². The molecular formula is C22H28BrN3OS. The maximum atomic E-state index is 12.9. The number of benzene rings is 2. The van der Waals surface area contributed by atoms with Gasteiger partial charge in [-0.2, -0.15) is 0 Å². The summed E-state index contributed by atoms with van der Waals surface area (Å²) in [6, 6.07) is 18.4. The van der Waals surface area contributed by atoms with Crippen molar-refractivity contribution < 1.29 is 4.79 Å². The Hall–Kier alpha value is -1.34. The molecule has 0 radical (unpaired) electrons. The van der Waals surface area contributed by atoms with E-state index < -0.39 is 0 Å². The van der Waals surface area contributed by atoms with Crippen molar-refractivity contribution in [3.63, 3.8) is 0 Å². The number of hydrogen-bond donors (Lipinski definition) is 1. The van der Waals surface area contributed by atoms with Gasteiger partial charge in [-0.3, -0.25) is 9.69 Å². The first-order valence-corrected chi connectivity index (χ1v) is 11.4. The van der Waals surface area contributed by atoms with Crippen LogP contribution in [0, 0.1) is 0 Å². The van der Waals surface area contributed by atoms with E-state index in [1.165, 1.54) is 0 Å². The normalized spacial score (nSPS) is 17.8. The van der Waals surface area contributed by atoms with E-state index in [1.807, 2.05) is 49.4 Å². The zero-order valence-electron chi connectivity index (χ0n) is 16.5. The average molecular weight is 462 g/mol. The largest absolute Gasteiger partial charge is 0.347 e. The number of thioether (sulfide) groups is 1. The maximum absolute atomic E-state index is 12.9. The summed E-state index contributed by atoms with van der Waals surface area (Å²) in [5, 5.41) is 3.15. The minimum Gasteiger partial charge on any atom is -0.347 e. The molecule has 0 saturated carbocycles. The summed E-state index contributed by atoms with van der Waals surface area (Å²) in [6.07, 6.45) is 0.